The van der Waals surface area contributed by atoms with Gasteiger partial charge in [-0.1, -0.05) is 0 Å². The predicted octanol–water partition coefficient (Wildman–Crippen LogP) is 1.09. The van der Waals surface area contributed by atoms with E-state index in [1.807, 2.05) is 6.92 Å². The molecule has 0 spiro atoms. The van der Waals surface area contributed by atoms with Crippen molar-refractivity contribution in [2.24, 2.45) is 5.73 Å². The summed E-state index contributed by atoms with van der Waals surface area (Å²) < 4.78 is 39.1. The monoisotopic (exact) mass is 436 g/mol. The minimum absolute atomic E-state index is 0.0987. The van der Waals surface area contributed by atoms with Crippen molar-refractivity contribution in [1.29, 1.82) is 0 Å². The number of anilines is 1. The van der Waals surface area contributed by atoms with E-state index < -0.39 is 21.9 Å². The van der Waals surface area contributed by atoms with E-state index in [0.717, 1.165) is 5.69 Å². The van der Waals surface area contributed by atoms with Crippen LogP contribution in [0.2, 0.25) is 0 Å². The molecule has 1 aliphatic rings. The van der Waals surface area contributed by atoms with Crippen molar-refractivity contribution in [1.82, 2.24) is 19.2 Å². The summed E-state index contributed by atoms with van der Waals surface area (Å²) in [5.74, 6) is -0.535. The number of carbonyl (C=O) groups excluding carboxylic acids is 1. The number of aromatic nitrogens is 2. The lowest BCUT2D eigenvalue weighted by Gasteiger charge is -2.33. The molecule has 1 saturated heterocycles. The second kappa shape index (κ2) is 9.02. The van der Waals surface area contributed by atoms with Crippen molar-refractivity contribution < 1.29 is 17.6 Å². The zero-order valence-electron chi connectivity index (χ0n) is 17.0. The number of pyridine rings is 2. The van der Waals surface area contributed by atoms with Crippen molar-refractivity contribution >= 4 is 21.7 Å². The molecule has 3 rings (SSSR count). The largest absolute Gasteiger partial charge is 0.351 e. The third-order valence-electron chi connectivity index (χ3n) is 4.94. The molecule has 162 valence electrons. The van der Waals surface area contributed by atoms with Gasteiger partial charge in [-0.05, 0) is 31.2 Å². The summed E-state index contributed by atoms with van der Waals surface area (Å²) in [6.07, 6.45) is 2.70. The van der Waals surface area contributed by atoms with Gasteiger partial charge in [0.1, 0.15) is 5.82 Å². The molecule has 2 amide bonds. The van der Waals surface area contributed by atoms with E-state index in [1.165, 1.54) is 27.7 Å². The molecule has 3 heterocycles. The van der Waals surface area contributed by atoms with Crippen LogP contribution >= 0.6 is 0 Å². The van der Waals surface area contributed by atoms with Crippen LogP contribution in [0.15, 0.2) is 30.5 Å². The van der Waals surface area contributed by atoms with Crippen LogP contribution in [0.1, 0.15) is 17.1 Å². The fourth-order valence-electron chi connectivity index (χ4n) is 3.24. The van der Waals surface area contributed by atoms with Crippen molar-refractivity contribution in [2.75, 3.05) is 37.3 Å². The van der Waals surface area contributed by atoms with Gasteiger partial charge in [-0.2, -0.15) is 4.31 Å². The summed E-state index contributed by atoms with van der Waals surface area (Å²) in [4.78, 5) is 23.7. The Morgan fingerprint density at radius 2 is 1.90 bits per heavy atom. The van der Waals surface area contributed by atoms with E-state index in [9.17, 15) is 17.6 Å². The van der Waals surface area contributed by atoms with Crippen molar-refractivity contribution in [3.05, 3.63) is 53.4 Å². The van der Waals surface area contributed by atoms with Crippen LogP contribution in [-0.4, -0.2) is 66.1 Å². The van der Waals surface area contributed by atoms with Crippen LogP contribution in [0.3, 0.4) is 0 Å². The Morgan fingerprint density at radius 1 is 1.20 bits per heavy atom. The summed E-state index contributed by atoms with van der Waals surface area (Å²) in [7, 11) is -3.20. The maximum atomic E-state index is 14.4. The first-order valence-corrected chi connectivity index (χ1v) is 11.3. The number of piperazine rings is 1. The van der Waals surface area contributed by atoms with Crippen LogP contribution < -0.4 is 10.6 Å². The van der Waals surface area contributed by atoms with Gasteiger partial charge in [-0.3, -0.25) is 19.8 Å². The quantitative estimate of drug-likeness (QED) is 0.725. The first-order valence-electron chi connectivity index (χ1n) is 9.45. The topological polar surface area (TPSA) is 113 Å². The number of rotatable bonds is 6. The highest BCUT2D eigenvalue weighted by Gasteiger charge is 2.24. The zero-order valence-corrected chi connectivity index (χ0v) is 17.8. The summed E-state index contributed by atoms with van der Waals surface area (Å²) in [5, 5.41) is 0. The van der Waals surface area contributed by atoms with Crippen LogP contribution in [0.5, 0.6) is 0 Å². The average Bonchev–Trinajstić information content (AvgIpc) is 2.68. The second-order valence-electron chi connectivity index (χ2n) is 7.25. The molecule has 2 aromatic heterocycles. The first kappa shape index (κ1) is 22.1. The lowest BCUT2D eigenvalue weighted by atomic mass is 10.2. The number of halogens is 1. The molecule has 1 aliphatic heterocycles. The maximum absolute atomic E-state index is 14.4. The van der Waals surface area contributed by atoms with Gasteiger partial charge in [-0.25, -0.2) is 17.6 Å². The maximum Gasteiger partial charge on any atom is 0.319 e. The smallest absolute Gasteiger partial charge is 0.319 e. The molecule has 0 radical (unpaired) electrons. The van der Waals surface area contributed by atoms with Crippen molar-refractivity contribution in [2.45, 2.75) is 20.0 Å². The molecule has 0 atom stereocenters. The Balaban J connectivity index is 1.72. The molecule has 0 saturated carbocycles. The molecule has 9 nitrogen and oxygen atoms in total. The van der Waals surface area contributed by atoms with E-state index >= 15 is 0 Å². The second-order valence-corrected chi connectivity index (χ2v) is 9.23. The highest BCUT2D eigenvalue weighted by atomic mass is 32.2. The van der Waals surface area contributed by atoms with Crippen LogP contribution in [-0.2, 0) is 23.1 Å². The molecule has 11 heteroatoms. The number of hydrogen-bond donors (Lipinski definition) is 1. The van der Waals surface area contributed by atoms with Gasteiger partial charge in [0, 0.05) is 38.4 Å². The number of primary amides is 1. The number of nitrogens with zero attached hydrogens (tertiary/aromatic N) is 5. The summed E-state index contributed by atoms with van der Waals surface area (Å²) in [6, 6.07) is 5.60. The summed E-state index contributed by atoms with van der Waals surface area (Å²) >= 11 is 0. The van der Waals surface area contributed by atoms with Gasteiger partial charge in [0.05, 0.1) is 36.1 Å². The molecule has 1 fully saturated rings. The molecule has 0 bridgehead atoms. The van der Waals surface area contributed by atoms with Gasteiger partial charge in [0.15, 0.2) is 0 Å². The fraction of sp³-hybridized carbons (Fsp3) is 0.421. The predicted molar refractivity (Wildman–Crippen MR) is 111 cm³/mol. The molecule has 2 aromatic rings. The molecule has 0 aromatic carbocycles. The summed E-state index contributed by atoms with van der Waals surface area (Å²) in [5.41, 5.74) is 7.45. The molecule has 0 aliphatic carbocycles. The molecular weight excluding hydrogens is 411 g/mol. The minimum atomic E-state index is -3.20. The third kappa shape index (κ3) is 5.49. The summed E-state index contributed by atoms with van der Waals surface area (Å²) in [6.45, 7) is 4.08. The molecule has 0 unspecified atom stereocenters. The Morgan fingerprint density at radius 3 is 2.47 bits per heavy atom. The fourth-order valence-corrected chi connectivity index (χ4v) is 4.07. The molecular formula is C19H25FN6O3S. The van der Waals surface area contributed by atoms with Crippen LogP contribution in [0, 0.1) is 12.7 Å². The van der Waals surface area contributed by atoms with Crippen molar-refractivity contribution in [3.63, 3.8) is 0 Å². The highest BCUT2D eigenvalue weighted by Crippen LogP contribution is 2.18. The zero-order chi connectivity index (χ0) is 21.9. The highest BCUT2D eigenvalue weighted by molar-refractivity contribution is 7.88. The Kier molecular flexibility index (Phi) is 6.64. The number of carbonyl (C=O) groups is 1. The molecule has 2 N–H and O–H groups in total. The number of hydrogen-bond acceptors (Lipinski definition) is 6. The average molecular weight is 437 g/mol. The number of amides is 2. The van der Waals surface area contributed by atoms with E-state index in [2.05, 4.69) is 14.9 Å². The Bertz CT molecular complexity index is 1010. The lowest BCUT2D eigenvalue weighted by Crippen LogP contribution is -2.47. The van der Waals surface area contributed by atoms with Gasteiger partial charge in [0.25, 0.3) is 0 Å². The van der Waals surface area contributed by atoms with Crippen molar-refractivity contribution in [3.8, 4) is 0 Å². The minimum Gasteiger partial charge on any atom is -0.351 e. The van der Waals surface area contributed by atoms with E-state index in [1.54, 1.807) is 18.2 Å². The molecule has 30 heavy (non-hydrogen) atoms. The number of sulfonamides is 1. The third-order valence-corrected chi connectivity index (χ3v) is 6.25. The van der Waals surface area contributed by atoms with Crippen LogP contribution in [0.4, 0.5) is 14.9 Å². The van der Waals surface area contributed by atoms with Gasteiger partial charge in [0.2, 0.25) is 10.0 Å². The van der Waals surface area contributed by atoms with Gasteiger partial charge < -0.3 is 5.73 Å². The number of urea groups is 1. The normalized spacial score (nSPS) is 15.8. The SMILES string of the molecule is Cc1ccc(N(Cc2nc(CN3CCN(S(C)(=O)=O)CC3)ccc2F)C(N)=O)cn1. The number of aryl methyl sites for hydroxylation is 1. The Hall–Kier alpha value is -2.63. The standard InChI is InChI=1S/C19H25FN6O3S/c1-14-3-5-16(11-22-14)26(19(21)27)13-18-17(20)6-4-15(23-18)12-24-7-9-25(10-8-24)30(2,28)29/h3-6,11H,7-10,12-13H2,1-2H3,(H2,21,27). The van der Waals surface area contributed by atoms with E-state index in [4.69, 9.17) is 5.73 Å². The van der Waals surface area contributed by atoms with Crippen LogP contribution in [0.25, 0.3) is 0 Å². The van der Waals surface area contributed by atoms with Gasteiger partial charge >= 0.3 is 6.03 Å². The number of nitrogens with two attached hydrogens (primary N) is 1. The van der Waals surface area contributed by atoms with Gasteiger partial charge in [-0.15, -0.1) is 0 Å². The Labute approximate surface area is 175 Å². The first-order chi connectivity index (χ1) is 14.1. The van der Waals surface area contributed by atoms with E-state index in [0.29, 0.717) is 44.1 Å². The lowest BCUT2D eigenvalue weighted by molar-refractivity contribution is 0.180. The van der Waals surface area contributed by atoms with E-state index in [-0.39, 0.29) is 12.2 Å².